The Bertz CT molecular complexity index is 435. The molecule has 4 heteroatoms. The van der Waals surface area contributed by atoms with Crippen molar-refractivity contribution in [1.82, 2.24) is 5.32 Å². The summed E-state index contributed by atoms with van der Waals surface area (Å²) in [5.41, 5.74) is 8.11. The van der Waals surface area contributed by atoms with Gasteiger partial charge in [0.15, 0.2) is 0 Å². The Morgan fingerprint density at radius 3 is 2.44 bits per heavy atom. The molecule has 18 heavy (non-hydrogen) atoms. The maximum atomic E-state index is 11.6. The average molecular weight is 249 g/mol. The molecule has 0 aliphatic rings. The van der Waals surface area contributed by atoms with Gasteiger partial charge in [0.05, 0.1) is 11.4 Å². The minimum absolute atomic E-state index is 0.110. The van der Waals surface area contributed by atoms with Crippen molar-refractivity contribution in [3.05, 3.63) is 23.8 Å². The van der Waals surface area contributed by atoms with Crippen LogP contribution in [0.15, 0.2) is 18.2 Å². The fourth-order valence-electron chi connectivity index (χ4n) is 1.42. The molecule has 100 valence electrons. The summed E-state index contributed by atoms with van der Waals surface area (Å²) in [7, 11) is 1.61. The fraction of sp³-hybridized carbons (Fsp3) is 0.500. The second-order valence-electron chi connectivity index (χ2n) is 5.61. The van der Waals surface area contributed by atoms with Gasteiger partial charge in [0, 0.05) is 18.7 Å². The topological polar surface area (TPSA) is 67.2 Å². The molecular weight excluding hydrogens is 226 g/mol. The number of benzene rings is 1. The molecule has 0 heterocycles. The first-order valence-electron chi connectivity index (χ1n) is 6.14. The van der Waals surface area contributed by atoms with Gasteiger partial charge in [0.2, 0.25) is 0 Å². The molecule has 0 radical (unpaired) electrons. The summed E-state index contributed by atoms with van der Waals surface area (Å²) in [6.07, 6.45) is 0. The Hall–Kier alpha value is -1.71. The van der Waals surface area contributed by atoms with E-state index in [0.29, 0.717) is 11.3 Å². The zero-order chi connectivity index (χ0) is 13.9. The molecule has 0 spiro atoms. The minimum Gasteiger partial charge on any atom is -0.397 e. The first-order chi connectivity index (χ1) is 8.25. The number of hydrogen-bond donors (Lipinski definition) is 3. The number of anilines is 2. The molecule has 4 N–H and O–H groups in total. The highest BCUT2D eigenvalue weighted by atomic mass is 16.1. The molecule has 1 rings (SSSR count). The second kappa shape index (κ2) is 5.29. The van der Waals surface area contributed by atoms with Gasteiger partial charge in [-0.25, -0.2) is 0 Å². The van der Waals surface area contributed by atoms with Gasteiger partial charge in [-0.1, -0.05) is 20.8 Å². The number of nitrogens with two attached hydrogens (primary N) is 1. The lowest BCUT2D eigenvalue weighted by molar-refractivity contribution is 0.0963. The zero-order valence-corrected chi connectivity index (χ0v) is 11.8. The van der Waals surface area contributed by atoms with E-state index in [1.165, 1.54) is 0 Å². The quantitative estimate of drug-likeness (QED) is 0.721. The van der Waals surface area contributed by atoms with Gasteiger partial charge in [0.1, 0.15) is 0 Å². The van der Waals surface area contributed by atoms with Crippen molar-refractivity contribution >= 4 is 17.3 Å². The van der Waals surface area contributed by atoms with Gasteiger partial charge < -0.3 is 16.4 Å². The number of amides is 1. The van der Waals surface area contributed by atoms with Gasteiger partial charge in [-0.2, -0.15) is 0 Å². The van der Waals surface area contributed by atoms with Gasteiger partial charge in [-0.05, 0) is 30.5 Å². The van der Waals surface area contributed by atoms with Crippen LogP contribution in [0.5, 0.6) is 0 Å². The van der Waals surface area contributed by atoms with Crippen LogP contribution >= 0.6 is 0 Å². The molecule has 1 aromatic rings. The van der Waals surface area contributed by atoms with Crippen molar-refractivity contribution in [2.75, 3.05) is 18.1 Å². The maximum absolute atomic E-state index is 11.6. The minimum atomic E-state index is -0.110. The molecule has 1 aromatic carbocycles. The van der Waals surface area contributed by atoms with Crippen LogP contribution in [0.1, 0.15) is 38.1 Å². The molecule has 0 aliphatic carbocycles. The lowest BCUT2D eigenvalue weighted by Crippen LogP contribution is -2.31. The molecule has 0 aromatic heterocycles. The molecule has 0 saturated heterocycles. The smallest absolute Gasteiger partial charge is 0.251 e. The molecule has 0 aliphatic heterocycles. The van der Waals surface area contributed by atoms with Crippen molar-refractivity contribution in [2.45, 2.75) is 33.7 Å². The molecule has 1 atom stereocenters. The summed E-state index contributed by atoms with van der Waals surface area (Å²) in [5.74, 6) is -0.110. The molecule has 0 saturated carbocycles. The summed E-state index contributed by atoms with van der Waals surface area (Å²) in [5, 5.41) is 5.97. The third-order valence-corrected chi connectivity index (χ3v) is 3.21. The number of hydrogen-bond acceptors (Lipinski definition) is 3. The SMILES string of the molecule is CNC(=O)c1ccc(N)c(NC(C)C(C)(C)C)c1. The van der Waals surface area contributed by atoms with Gasteiger partial charge in [-0.15, -0.1) is 0 Å². The maximum Gasteiger partial charge on any atom is 0.251 e. The molecule has 4 nitrogen and oxygen atoms in total. The van der Waals surface area contributed by atoms with Gasteiger partial charge >= 0.3 is 0 Å². The largest absolute Gasteiger partial charge is 0.397 e. The predicted molar refractivity (Wildman–Crippen MR) is 76.8 cm³/mol. The summed E-state index contributed by atoms with van der Waals surface area (Å²) in [6.45, 7) is 8.57. The standard InChI is InChI=1S/C14H23N3O/c1-9(14(2,3)4)17-12-8-10(13(18)16-5)6-7-11(12)15/h6-9,17H,15H2,1-5H3,(H,16,18). The number of rotatable bonds is 3. The predicted octanol–water partition coefficient (Wildman–Crippen LogP) is 2.47. The highest BCUT2D eigenvalue weighted by molar-refractivity contribution is 5.96. The third kappa shape index (κ3) is 3.39. The van der Waals surface area contributed by atoms with Crippen LogP contribution in [0.2, 0.25) is 0 Å². The lowest BCUT2D eigenvalue weighted by Gasteiger charge is -2.29. The Labute approximate surface area is 109 Å². The molecule has 1 amide bonds. The van der Waals surface area contributed by atoms with E-state index in [-0.39, 0.29) is 17.4 Å². The van der Waals surface area contributed by atoms with Crippen LogP contribution in [-0.4, -0.2) is 19.0 Å². The van der Waals surface area contributed by atoms with E-state index >= 15 is 0 Å². The Kier molecular flexibility index (Phi) is 4.22. The summed E-state index contributed by atoms with van der Waals surface area (Å²) >= 11 is 0. The molecule has 0 bridgehead atoms. The molecule has 0 fully saturated rings. The Morgan fingerprint density at radius 2 is 1.94 bits per heavy atom. The first-order valence-corrected chi connectivity index (χ1v) is 6.14. The van der Waals surface area contributed by atoms with E-state index in [2.05, 4.69) is 38.3 Å². The van der Waals surface area contributed by atoms with E-state index in [9.17, 15) is 4.79 Å². The van der Waals surface area contributed by atoms with E-state index in [1.54, 1.807) is 25.2 Å². The van der Waals surface area contributed by atoms with Crippen molar-refractivity contribution in [1.29, 1.82) is 0 Å². The van der Waals surface area contributed by atoms with Crippen LogP contribution in [0.4, 0.5) is 11.4 Å². The number of carbonyl (C=O) groups excluding carboxylic acids is 1. The van der Waals surface area contributed by atoms with E-state index in [1.807, 2.05) is 0 Å². The van der Waals surface area contributed by atoms with Crippen molar-refractivity contribution in [2.24, 2.45) is 5.41 Å². The highest BCUT2D eigenvalue weighted by Crippen LogP contribution is 2.26. The van der Waals surface area contributed by atoms with Crippen LogP contribution in [0.25, 0.3) is 0 Å². The van der Waals surface area contributed by atoms with E-state index < -0.39 is 0 Å². The average Bonchev–Trinajstić information content (AvgIpc) is 2.29. The van der Waals surface area contributed by atoms with Crippen molar-refractivity contribution < 1.29 is 4.79 Å². The molecular formula is C14H23N3O. The van der Waals surface area contributed by atoms with E-state index in [0.717, 1.165) is 5.69 Å². The Balaban J connectivity index is 2.98. The van der Waals surface area contributed by atoms with Crippen molar-refractivity contribution in [3.8, 4) is 0 Å². The van der Waals surface area contributed by atoms with Gasteiger partial charge in [-0.3, -0.25) is 4.79 Å². The van der Waals surface area contributed by atoms with Crippen LogP contribution in [-0.2, 0) is 0 Å². The number of carbonyl (C=O) groups is 1. The number of nitrogens with one attached hydrogen (secondary N) is 2. The van der Waals surface area contributed by atoms with Gasteiger partial charge in [0.25, 0.3) is 5.91 Å². The summed E-state index contributed by atoms with van der Waals surface area (Å²) in [4.78, 5) is 11.6. The monoisotopic (exact) mass is 249 g/mol. The fourth-order valence-corrected chi connectivity index (χ4v) is 1.42. The van der Waals surface area contributed by atoms with Crippen molar-refractivity contribution in [3.63, 3.8) is 0 Å². The normalized spacial score (nSPS) is 12.9. The zero-order valence-electron chi connectivity index (χ0n) is 11.8. The third-order valence-electron chi connectivity index (χ3n) is 3.21. The number of nitrogen functional groups attached to an aromatic ring is 1. The van der Waals surface area contributed by atoms with E-state index in [4.69, 9.17) is 5.73 Å². The summed E-state index contributed by atoms with van der Waals surface area (Å²) < 4.78 is 0. The highest BCUT2D eigenvalue weighted by Gasteiger charge is 2.20. The van der Waals surface area contributed by atoms with Crippen LogP contribution in [0.3, 0.4) is 0 Å². The Morgan fingerprint density at radius 1 is 1.33 bits per heavy atom. The lowest BCUT2D eigenvalue weighted by atomic mass is 9.88. The second-order valence-corrected chi connectivity index (χ2v) is 5.61. The van der Waals surface area contributed by atoms with Crippen LogP contribution in [0, 0.1) is 5.41 Å². The first kappa shape index (κ1) is 14.4. The van der Waals surface area contributed by atoms with Crippen LogP contribution < -0.4 is 16.4 Å². The summed E-state index contributed by atoms with van der Waals surface area (Å²) in [6, 6.07) is 5.51. The molecule has 1 unspecified atom stereocenters.